The molecule has 1 aromatic rings. The van der Waals surface area contributed by atoms with Crippen molar-refractivity contribution in [2.45, 2.75) is 19.3 Å². The van der Waals surface area contributed by atoms with Crippen LogP contribution in [0.4, 0.5) is 5.82 Å². The Morgan fingerprint density at radius 1 is 1.62 bits per heavy atom. The first kappa shape index (κ1) is 11.1. The van der Waals surface area contributed by atoms with E-state index in [9.17, 15) is 4.79 Å². The van der Waals surface area contributed by atoms with Crippen LogP contribution in [0, 0.1) is 5.92 Å². The third-order valence-corrected chi connectivity index (χ3v) is 3.08. The van der Waals surface area contributed by atoms with Crippen LogP contribution in [-0.2, 0) is 0 Å². The van der Waals surface area contributed by atoms with Gasteiger partial charge in [-0.05, 0) is 31.7 Å². The number of hydrogen-bond donors (Lipinski definition) is 2. The maximum atomic E-state index is 11.2. The average Bonchev–Trinajstić information content (AvgIpc) is 2.30. The van der Waals surface area contributed by atoms with Crippen molar-refractivity contribution in [1.82, 2.24) is 9.97 Å². The number of piperidine rings is 1. The van der Waals surface area contributed by atoms with Crippen LogP contribution in [-0.4, -0.2) is 29.6 Å². The van der Waals surface area contributed by atoms with E-state index in [0.29, 0.717) is 5.92 Å². The summed E-state index contributed by atoms with van der Waals surface area (Å²) in [6.45, 7) is 2.69. The summed E-state index contributed by atoms with van der Waals surface area (Å²) in [7, 11) is 0. The summed E-state index contributed by atoms with van der Waals surface area (Å²) in [5, 5.41) is 0. The number of anilines is 1. The Bertz CT molecular complexity index is 388. The Labute approximate surface area is 94.7 Å². The summed E-state index contributed by atoms with van der Waals surface area (Å²) in [5.41, 5.74) is 5.49. The van der Waals surface area contributed by atoms with Crippen molar-refractivity contribution < 1.29 is 0 Å². The Kier molecular flexibility index (Phi) is 3.56. The van der Waals surface area contributed by atoms with Crippen molar-refractivity contribution in [1.29, 1.82) is 0 Å². The molecule has 0 aliphatic carbocycles. The second-order valence-corrected chi connectivity index (χ2v) is 4.30. The van der Waals surface area contributed by atoms with E-state index in [4.69, 9.17) is 5.73 Å². The van der Waals surface area contributed by atoms with Crippen LogP contribution in [0.2, 0.25) is 0 Å². The van der Waals surface area contributed by atoms with Crippen LogP contribution in [0.15, 0.2) is 17.2 Å². The van der Waals surface area contributed by atoms with Crippen LogP contribution in [0.25, 0.3) is 0 Å². The molecule has 0 saturated carbocycles. The number of aromatic nitrogens is 2. The highest BCUT2D eigenvalue weighted by Gasteiger charge is 2.20. The van der Waals surface area contributed by atoms with Crippen LogP contribution >= 0.6 is 0 Å². The molecule has 2 rings (SSSR count). The van der Waals surface area contributed by atoms with E-state index in [-0.39, 0.29) is 5.56 Å². The van der Waals surface area contributed by atoms with Gasteiger partial charge in [0.15, 0.2) is 0 Å². The highest BCUT2D eigenvalue weighted by Crippen LogP contribution is 2.22. The topological polar surface area (TPSA) is 75.0 Å². The van der Waals surface area contributed by atoms with E-state index in [2.05, 4.69) is 14.9 Å². The van der Waals surface area contributed by atoms with Gasteiger partial charge in [0.25, 0.3) is 5.56 Å². The standard InChI is InChI=1S/C11H18N4O/c12-4-3-9-2-1-5-15(7-9)10-6-11(16)14-8-13-10/h6,8-9H,1-5,7,12H2,(H,13,14,16). The van der Waals surface area contributed by atoms with E-state index in [1.807, 2.05) is 0 Å². The number of nitrogens with two attached hydrogens (primary N) is 1. The van der Waals surface area contributed by atoms with Gasteiger partial charge in [-0.25, -0.2) is 4.98 Å². The van der Waals surface area contributed by atoms with Gasteiger partial charge in [0, 0.05) is 19.2 Å². The monoisotopic (exact) mass is 222 g/mol. The molecule has 0 spiro atoms. The maximum absolute atomic E-state index is 11.2. The summed E-state index contributed by atoms with van der Waals surface area (Å²) in [5.74, 6) is 1.42. The van der Waals surface area contributed by atoms with E-state index >= 15 is 0 Å². The molecule has 0 bridgehead atoms. The number of nitrogens with zero attached hydrogens (tertiary/aromatic N) is 2. The van der Waals surface area contributed by atoms with Crippen molar-refractivity contribution >= 4 is 5.82 Å². The molecule has 1 saturated heterocycles. The van der Waals surface area contributed by atoms with Gasteiger partial charge in [0.1, 0.15) is 5.82 Å². The highest BCUT2D eigenvalue weighted by atomic mass is 16.1. The van der Waals surface area contributed by atoms with Crippen LogP contribution in [0.3, 0.4) is 0 Å². The van der Waals surface area contributed by atoms with Crippen molar-refractivity contribution in [2.75, 3.05) is 24.5 Å². The van der Waals surface area contributed by atoms with E-state index in [1.54, 1.807) is 6.07 Å². The Morgan fingerprint density at radius 3 is 3.25 bits per heavy atom. The second-order valence-electron chi connectivity index (χ2n) is 4.30. The molecule has 1 atom stereocenters. The quantitative estimate of drug-likeness (QED) is 0.773. The fourth-order valence-electron chi connectivity index (χ4n) is 2.28. The molecule has 0 amide bonds. The minimum Gasteiger partial charge on any atom is -0.356 e. The number of nitrogens with one attached hydrogen (secondary N) is 1. The maximum Gasteiger partial charge on any atom is 0.252 e. The second kappa shape index (κ2) is 5.12. The molecular formula is C11H18N4O. The Hall–Kier alpha value is -1.36. The lowest BCUT2D eigenvalue weighted by atomic mass is 9.95. The minimum atomic E-state index is -0.0917. The van der Waals surface area contributed by atoms with Crippen molar-refractivity contribution in [2.24, 2.45) is 11.7 Å². The molecule has 88 valence electrons. The fraction of sp³-hybridized carbons (Fsp3) is 0.636. The first-order valence-corrected chi connectivity index (χ1v) is 5.79. The number of rotatable bonds is 3. The van der Waals surface area contributed by atoms with Gasteiger partial charge < -0.3 is 15.6 Å². The molecule has 1 aliphatic rings. The highest BCUT2D eigenvalue weighted by molar-refractivity contribution is 5.36. The van der Waals surface area contributed by atoms with Crippen LogP contribution in [0.5, 0.6) is 0 Å². The summed E-state index contributed by atoms with van der Waals surface area (Å²) in [4.78, 5) is 20.1. The van der Waals surface area contributed by atoms with Crippen molar-refractivity contribution in [3.8, 4) is 0 Å². The average molecular weight is 222 g/mol. The summed E-state index contributed by atoms with van der Waals surface area (Å²) in [6, 6.07) is 1.56. The van der Waals surface area contributed by atoms with Gasteiger partial charge >= 0.3 is 0 Å². The molecule has 0 aromatic carbocycles. The first-order valence-electron chi connectivity index (χ1n) is 5.79. The molecule has 1 aliphatic heterocycles. The zero-order valence-electron chi connectivity index (χ0n) is 9.35. The fourth-order valence-corrected chi connectivity index (χ4v) is 2.28. The van der Waals surface area contributed by atoms with Gasteiger partial charge in [0.2, 0.25) is 0 Å². The van der Waals surface area contributed by atoms with Crippen LogP contribution < -0.4 is 16.2 Å². The molecule has 0 radical (unpaired) electrons. The number of aromatic amines is 1. The third-order valence-electron chi connectivity index (χ3n) is 3.08. The lowest BCUT2D eigenvalue weighted by molar-refractivity contribution is 0.394. The van der Waals surface area contributed by atoms with E-state index in [1.165, 1.54) is 12.7 Å². The van der Waals surface area contributed by atoms with Gasteiger partial charge in [-0.2, -0.15) is 0 Å². The zero-order valence-corrected chi connectivity index (χ0v) is 9.35. The SMILES string of the molecule is NCCC1CCCN(c2cc(=O)[nH]cn2)C1. The lowest BCUT2D eigenvalue weighted by Crippen LogP contribution is -2.37. The Balaban J connectivity index is 2.06. The summed E-state index contributed by atoms with van der Waals surface area (Å²) >= 11 is 0. The number of hydrogen-bond acceptors (Lipinski definition) is 4. The summed E-state index contributed by atoms with van der Waals surface area (Å²) < 4.78 is 0. The van der Waals surface area contributed by atoms with E-state index < -0.39 is 0 Å². The molecular weight excluding hydrogens is 204 g/mol. The van der Waals surface area contributed by atoms with Crippen molar-refractivity contribution in [3.63, 3.8) is 0 Å². The van der Waals surface area contributed by atoms with Gasteiger partial charge in [-0.3, -0.25) is 4.79 Å². The van der Waals surface area contributed by atoms with Crippen molar-refractivity contribution in [3.05, 3.63) is 22.7 Å². The molecule has 2 heterocycles. The molecule has 5 heteroatoms. The normalized spacial score (nSPS) is 21.1. The lowest BCUT2D eigenvalue weighted by Gasteiger charge is -2.33. The third kappa shape index (κ3) is 2.61. The van der Waals surface area contributed by atoms with Gasteiger partial charge in [-0.15, -0.1) is 0 Å². The molecule has 1 unspecified atom stereocenters. The van der Waals surface area contributed by atoms with Crippen LogP contribution in [0.1, 0.15) is 19.3 Å². The first-order chi connectivity index (χ1) is 7.79. The predicted octanol–water partition coefficient (Wildman–Crippen LogP) is 0.335. The zero-order chi connectivity index (χ0) is 11.4. The van der Waals surface area contributed by atoms with Gasteiger partial charge in [0.05, 0.1) is 6.33 Å². The molecule has 1 fully saturated rings. The summed E-state index contributed by atoms with van der Waals surface area (Å²) in [6.07, 6.45) is 4.90. The molecule has 3 N–H and O–H groups in total. The molecule has 16 heavy (non-hydrogen) atoms. The molecule has 5 nitrogen and oxygen atoms in total. The predicted molar refractivity (Wildman–Crippen MR) is 63.5 cm³/mol. The largest absolute Gasteiger partial charge is 0.356 e. The molecule has 1 aromatic heterocycles. The number of H-pyrrole nitrogens is 1. The van der Waals surface area contributed by atoms with E-state index in [0.717, 1.165) is 38.3 Å². The Morgan fingerprint density at radius 2 is 2.50 bits per heavy atom. The van der Waals surface area contributed by atoms with Gasteiger partial charge in [-0.1, -0.05) is 0 Å². The smallest absolute Gasteiger partial charge is 0.252 e. The minimum absolute atomic E-state index is 0.0917.